The maximum absolute atomic E-state index is 12.7. The zero-order valence-electron chi connectivity index (χ0n) is 30.9. The molecule has 9 nitrogen and oxygen atoms in total. The summed E-state index contributed by atoms with van der Waals surface area (Å²) in [6, 6.07) is 6.13. The van der Waals surface area contributed by atoms with E-state index in [0.717, 1.165) is 63.2 Å². The lowest BCUT2D eigenvalue weighted by Crippen LogP contribution is -2.07. The Labute approximate surface area is 295 Å². The highest BCUT2D eigenvalue weighted by atomic mass is 16.5. The number of hydrogen-bond acceptors (Lipinski definition) is 5. The molecule has 8 bridgehead atoms. The molecule has 0 fully saturated rings. The van der Waals surface area contributed by atoms with Crippen LogP contribution in [-0.2, 0) is 16.0 Å². The van der Waals surface area contributed by atoms with Crippen LogP contribution in [0.25, 0.3) is 33.2 Å². The molecule has 0 aromatic carbocycles. The van der Waals surface area contributed by atoms with Gasteiger partial charge in [-0.3, -0.25) is 9.78 Å². The van der Waals surface area contributed by atoms with E-state index in [-0.39, 0.29) is 23.8 Å². The molecular weight excluding hydrogens is 628 g/mol. The molecule has 0 amide bonds. The fraction of sp³-hybridized carbons (Fsp3) is 0.512. The average molecular weight is 683 g/mol. The van der Waals surface area contributed by atoms with Gasteiger partial charge in [0.2, 0.25) is 0 Å². The molecule has 5 rings (SSSR count). The van der Waals surface area contributed by atoms with E-state index in [1.807, 2.05) is 26.0 Å². The summed E-state index contributed by atoms with van der Waals surface area (Å²) in [5, 5.41) is 20.0. The van der Waals surface area contributed by atoms with Crippen LogP contribution in [0.5, 0.6) is 0 Å². The van der Waals surface area contributed by atoms with Crippen LogP contribution in [0.1, 0.15) is 153 Å². The molecule has 5 heterocycles. The van der Waals surface area contributed by atoms with Gasteiger partial charge in [0.25, 0.3) is 0 Å². The largest absolute Gasteiger partial charge is 0.481 e. The number of rotatable bonds is 15. The van der Waals surface area contributed by atoms with E-state index in [2.05, 4.69) is 50.7 Å². The van der Waals surface area contributed by atoms with Crippen molar-refractivity contribution in [3.8, 4) is 0 Å². The molecule has 0 saturated heterocycles. The van der Waals surface area contributed by atoms with Gasteiger partial charge in [0, 0.05) is 58.4 Å². The summed E-state index contributed by atoms with van der Waals surface area (Å²) in [7, 11) is 0. The lowest BCUT2D eigenvalue weighted by atomic mass is 9.85. The number of aromatic carboxylic acids is 1. The molecule has 2 aliphatic rings. The quantitative estimate of drug-likeness (QED) is 0.117. The third kappa shape index (κ3) is 7.73. The van der Waals surface area contributed by atoms with Gasteiger partial charge < -0.3 is 24.9 Å². The van der Waals surface area contributed by atoms with E-state index < -0.39 is 11.9 Å². The molecule has 3 aromatic rings. The van der Waals surface area contributed by atoms with Gasteiger partial charge in [-0.05, 0) is 93.0 Å². The first-order chi connectivity index (χ1) is 24.0. The molecule has 268 valence electrons. The second-order valence-electron chi connectivity index (χ2n) is 14.1. The van der Waals surface area contributed by atoms with Crippen LogP contribution in [0.3, 0.4) is 0 Å². The maximum Gasteiger partial charge on any atom is 0.338 e. The molecule has 0 saturated carbocycles. The minimum atomic E-state index is -1.02. The SMILES string of the molecule is CCCCCCCCCOCC1=C(C)c2cc3nc(c(C)c4[nH]c(cc5[nH]c(cc1n2)c(C)c5CC)c(C)c4C(=O)O)[C@@H](CCC(=O)O)[C@@H]3C. The lowest BCUT2D eigenvalue weighted by Gasteiger charge is -2.16. The van der Waals surface area contributed by atoms with E-state index in [0.29, 0.717) is 47.5 Å². The van der Waals surface area contributed by atoms with Crippen LogP contribution in [-0.4, -0.2) is 55.3 Å². The Hall–Kier alpha value is -4.24. The van der Waals surface area contributed by atoms with E-state index in [4.69, 9.17) is 14.7 Å². The van der Waals surface area contributed by atoms with Crippen LogP contribution in [0.2, 0.25) is 0 Å². The summed E-state index contributed by atoms with van der Waals surface area (Å²) in [6.07, 6.45) is 9.79. The summed E-state index contributed by atoms with van der Waals surface area (Å²) in [4.78, 5) is 41.8. The summed E-state index contributed by atoms with van der Waals surface area (Å²) in [5.74, 6) is -2.18. The van der Waals surface area contributed by atoms with Crippen LogP contribution in [0.15, 0.2) is 18.2 Å². The molecule has 0 unspecified atom stereocenters. The molecule has 0 radical (unpaired) electrons. The van der Waals surface area contributed by atoms with Gasteiger partial charge in [-0.15, -0.1) is 0 Å². The molecule has 0 aliphatic carbocycles. The number of nitrogens with one attached hydrogen (secondary N) is 2. The van der Waals surface area contributed by atoms with Crippen molar-refractivity contribution in [1.82, 2.24) is 19.9 Å². The average Bonchev–Trinajstić information content (AvgIpc) is 3.76. The molecule has 3 aromatic heterocycles. The molecule has 4 N–H and O–H groups in total. The fourth-order valence-corrected chi connectivity index (χ4v) is 7.62. The van der Waals surface area contributed by atoms with Gasteiger partial charge in [0.05, 0.1) is 29.1 Å². The Morgan fingerprint density at radius 3 is 2.20 bits per heavy atom. The second kappa shape index (κ2) is 16.2. The van der Waals surface area contributed by atoms with Gasteiger partial charge in [-0.1, -0.05) is 59.3 Å². The number of ether oxygens (including phenoxy) is 1. The predicted octanol–water partition coefficient (Wildman–Crippen LogP) is 9.95. The van der Waals surface area contributed by atoms with E-state index in [9.17, 15) is 19.8 Å². The predicted molar refractivity (Wildman–Crippen MR) is 201 cm³/mol. The number of fused-ring (bicyclic) bond motifs is 8. The standard InChI is InChI=1S/C41H54N4O5/c1-8-10-11-12-13-14-15-18-50-22-30-25(5)31-19-33-24(4)29(16-17-37(46)47)39(44-33)27(7)40-38(41(48)49)26(6)34(45-40)21-35-28(9-2)23(3)32(42-35)20-36(30)43-31/h19-21,24,29,42,45H,8-18,22H2,1-7H3,(H,46,47)(H,48,49)/t24-,29-/m0/s1. The van der Waals surface area contributed by atoms with Crippen molar-refractivity contribution >= 4 is 45.2 Å². The smallest absolute Gasteiger partial charge is 0.338 e. The zero-order chi connectivity index (χ0) is 36.1. The van der Waals surface area contributed by atoms with Gasteiger partial charge in [-0.25, -0.2) is 9.78 Å². The van der Waals surface area contributed by atoms with E-state index in [1.54, 1.807) is 0 Å². The van der Waals surface area contributed by atoms with Crippen molar-refractivity contribution in [2.45, 2.75) is 125 Å². The second-order valence-corrected chi connectivity index (χ2v) is 14.1. The Morgan fingerprint density at radius 1 is 0.820 bits per heavy atom. The number of H-pyrrole nitrogens is 2. The van der Waals surface area contributed by atoms with Gasteiger partial charge in [0.15, 0.2) is 0 Å². The Balaban J connectivity index is 1.69. The van der Waals surface area contributed by atoms with Crippen LogP contribution in [0.4, 0.5) is 0 Å². The molecule has 9 heteroatoms. The molecule has 50 heavy (non-hydrogen) atoms. The number of hydrogen-bond donors (Lipinski definition) is 4. The first kappa shape index (κ1) is 37.0. The Kier molecular flexibility index (Phi) is 12.0. The number of aromatic amines is 2. The number of allylic oxidation sites excluding steroid dienone is 1. The third-order valence-corrected chi connectivity index (χ3v) is 10.8. The maximum atomic E-state index is 12.7. The van der Waals surface area contributed by atoms with Crippen LogP contribution >= 0.6 is 0 Å². The number of unbranched alkanes of at least 4 members (excludes halogenated alkanes) is 6. The summed E-state index contributed by atoms with van der Waals surface area (Å²) >= 11 is 0. The normalized spacial score (nSPS) is 16.0. The Bertz CT molecular complexity index is 1950. The van der Waals surface area contributed by atoms with Crippen molar-refractivity contribution in [3.63, 3.8) is 0 Å². The van der Waals surface area contributed by atoms with E-state index >= 15 is 0 Å². The number of carboxylic acid groups (broad SMARTS) is 2. The van der Waals surface area contributed by atoms with Gasteiger partial charge in [-0.2, -0.15) is 0 Å². The fourth-order valence-electron chi connectivity index (χ4n) is 7.62. The first-order valence-electron chi connectivity index (χ1n) is 18.4. The highest BCUT2D eigenvalue weighted by molar-refractivity contribution is 6.02. The van der Waals surface area contributed by atoms with Crippen LogP contribution in [0, 0.1) is 20.8 Å². The zero-order valence-corrected chi connectivity index (χ0v) is 30.9. The minimum absolute atomic E-state index is 0.00970. The molecule has 0 spiro atoms. The van der Waals surface area contributed by atoms with Crippen molar-refractivity contribution in [3.05, 3.63) is 68.8 Å². The topological polar surface area (TPSA) is 141 Å². The van der Waals surface area contributed by atoms with Crippen molar-refractivity contribution in [1.29, 1.82) is 0 Å². The number of aliphatic carboxylic acids is 1. The first-order valence-corrected chi connectivity index (χ1v) is 18.4. The lowest BCUT2D eigenvalue weighted by molar-refractivity contribution is -0.137. The molecule has 2 atom stereocenters. The monoisotopic (exact) mass is 682 g/mol. The van der Waals surface area contributed by atoms with Crippen molar-refractivity contribution in [2.75, 3.05) is 13.2 Å². The van der Waals surface area contributed by atoms with Gasteiger partial charge in [0.1, 0.15) is 0 Å². The van der Waals surface area contributed by atoms with E-state index in [1.165, 1.54) is 38.5 Å². The number of aryl methyl sites for hydroxylation is 4. The van der Waals surface area contributed by atoms with Gasteiger partial charge >= 0.3 is 11.9 Å². The third-order valence-electron chi connectivity index (χ3n) is 10.8. The Morgan fingerprint density at radius 2 is 1.52 bits per heavy atom. The number of nitrogens with zero attached hydrogens (tertiary/aromatic N) is 2. The summed E-state index contributed by atoms with van der Waals surface area (Å²) < 4.78 is 6.28. The highest BCUT2D eigenvalue weighted by Gasteiger charge is 2.32. The summed E-state index contributed by atoms with van der Waals surface area (Å²) in [6.45, 7) is 15.5. The number of aromatic nitrogens is 4. The minimum Gasteiger partial charge on any atom is -0.481 e. The van der Waals surface area contributed by atoms with Crippen molar-refractivity contribution < 1.29 is 24.5 Å². The number of carboxylic acids is 2. The number of carbonyl (C=O) groups is 2. The summed E-state index contributed by atoms with van der Waals surface area (Å²) in [5.41, 5.74) is 12.2. The molecular formula is C41H54N4O5. The van der Waals surface area contributed by atoms with Crippen LogP contribution < -0.4 is 0 Å². The van der Waals surface area contributed by atoms with Crippen molar-refractivity contribution in [2.24, 2.45) is 0 Å². The highest BCUT2D eigenvalue weighted by Crippen LogP contribution is 2.42. The molecule has 2 aliphatic heterocycles.